The minimum atomic E-state index is 0.137. The number of ether oxygens (including phenoxy) is 1. The Morgan fingerprint density at radius 3 is 2.83 bits per heavy atom. The molecule has 3 rings (SSSR count). The Kier molecular flexibility index (Phi) is 2.48. The SMILES string of the molecule is CC(C)(C)c1ccc2c(c1)Cn1nc(Br)nc1O2. The molecule has 4 nitrogen and oxygen atoms in total. The van der Waals surface area contributed by atoms with Crippen molar-refractivity contribution in [3.8, 4) is 11.8 Å². The maximum atomic E-state index is 5.73. The Morgan fingerprint density at radius 2 is 2.11 bits per heavy atom. The van der Waals surface area contributed by atoms with E-state index in [1.807, 2.05) is 6.07 Å². The van der Waals surface area contributed by atoms with E-state index in [-0.39, 0.29) is 5.41 Å². The van der Waals surface area contributed by atoms with Crippen molar-refractivity contribution in [2.24, 2.45) is 0 Å². The van der Waals surface area contributed by atoms with Crippen LogP contribution in [0.5, 0.6) is 11.8 Å². The van der Waals surface area contributed by atoms with Crippen LogP contribution in [-0.4, -0.2) is 14.8 Å². The lowest BCUT2D eigenvalue weighted by molar-refractivity contribution is 0.374. The predicted molar refractivity (Wildman–Crippen MR) is 72.0 cm³/mol. The van der Waals surface area contributed by atoms with Crippen LogP contribution >= 0.6 is 15.9 Å². The summed E-state index contributed by atoms with van der Waals surface area (Å²) in [6.07, 6.45) is 0. The summed E-state index contributed by atoms with van der Waals surface area (Å²) in [6.45, 7) is 7.31. The molecule has 0 N–H and O–H groups in total. The number of hydrogen-bond acceptors (Lipinski definition) is 3. The summed E-state index contributed by atoms with van der Waals surface area (Å²) in [6, 6.07) is 6.85. The first-order valence-corrected chi connectivity index (χ1v) is 6.64. The Labute approximate surface area is 114 Å². The minimum absolute atomic E-state index is 0.137. The van der Waals surface area contributed by atoms with Crippen LogP contribution in [0.1, 0.15) is 31.9 Å². The highest BCUT2D eigenvalue weighted by Crippen LogP contribution is 2.34. The van der Waals surface area contributed by atoms with Gasteiger partial charge in [-0.2, -0.15) is 4.98 Å². The minimum Gasteiger partial charge on any atom is -0.424 e. The molecule has 18 heavy (non-hydrogen) atoms. The van der Waals surface area contributed by atoms with Crippen LogP contribution < -0.4 is 4.74 Å². The number of halogens is 1. The van der Waals surface area contributed by atoms with E-state index in [4.69, 9.17) is 4.74 Å². The highest BCUT2D eigenvalue weighted by molar-refractivity contribution is 9.10. The van der Waals surface area contributed by atoms with E-state index in [1.54, 1.807) is 4.68 Å². The normalized spacial score (nSPS) is 13.8. The number of rotatable bonds is 0. The van der Waals surface area contributed by atoms with Gasteiger partial charge in [-0.1, -0.05) is 26.8 Å². The molecule has 1 aliphatic heterocycles. The Balaban J connectivity index is 2.03. The second kappa shape index (κ2) is 3.82. The van der Waals surface area contributed by atoms with Gasteiger partial charge in [0.2, 0.25) is 4.73 Å². The Morgan fingerprint density at radius 1 is 1.33 bits per heavy atom. The van der Waals surface area contributed by atoms with Crippen molar-refractivity contribution in [1.82, 2.24) is 14.8 Å². The van der Waals surface area contributed by atoms with Gasteiger partial charge in [0.25, 0.3) is 0 Å². The average Bonchev–Trinajstić information content (AvgIpc) is 2.62. The zero-order valence-electron chi connectivity index (χ0n) is 10.6. The van der Waals surface area contributed by atoms with Crippen LogP contribution in [-0.2, 0) is 12.0 Å². The highest BCUT2D eigenvalue weighted by atomic mass is 79.9. The number of aromatic nitrogens is 3. The molecular formula is C13H14BrN3O. The molecule has 0 aliphatic carbocycles. The maximum absolute atomic E-state index is 5.73. The Hall–Kier alpha value is -1.36. The molecule has 0 spiro atoms. The molecule has 0 radical (unpaired) electrons. The summed E-state index contributed by atoms with van der Waals surface area (Å²) < 4.78 is 8.04. The van der Waals surface area contributed by atoms with Crippen molar-refractivity contribution >= 4 is 15.9 Å². The quantitative estimate of drug-likeness (QED) is 0.638. The lowest BCUT2D eigenvalue weighted by atomic mass is 9.86. The van der Waals surface area contributed by atoms with E-state index in [1.165, 1.54) is 5.56 Å². The smallest absolute Gasteiger partial charge is 0.321 e. The molecule has 0 unspecified atom stereocenters. The summed E-state index contributed by atoms with van der Waals surface area (Å²) in [4.78, 5) is 4.17. The Bertz CT molecular complexity index is 613. The second-order valence-electron chi connectivity index (χ2n) is 5.50. The van der Waals surface area contributed by atoms with E-state index >= 15 is 0 Å². The molecule has 0 bridgehead atoms. The van der Waals surface area contributed by atoms with E-state index < -0.39 is 0 Å². The molecule has 5 heteroatoms. The fourth-order valence-electron chi connectivity index (χ4n) is 2.01. The molecule has 1 aromatic heterocycles. The molecule has 1 aliphatic rings. The van der Waals surface area contributed by atoms with Gasteiger partial charge in [-0.25, -0.2) is 4.68 Å². The molecule has 0 saturated carbocycles. The van der Waals surface area contributed by atoms with Crippen molar-refractivity contribution < 1.29 is 4.74 Å². The van der Waals surface area contributed by atoms with Gasteiger partial charge in [0.15, 0.2) is 0 Å². The molecule has 0 saturated heterocycles. The fraction of sp³-hybridized carbons (Fsp3) is 0.385. The zero-order valence-corrected chi connectivity index (χ0v) is 12.2. The van der Waals surface area contributed by atoms with Crippen LogP contribution in [0.3, 0.4) is 0 Å². The molecule has 2 heterocycles. The summed E-state index contributed by atoms with van der Waals surface area (Å²) in [7, 11) is 0. The second-order valence-corrected chi connectivity index (χ2v) is 6.20. The lowest BCUT2D eigenvalue weighted by Crippen LogP contribution is -2.15. The maximum Gasteiger partial charge on any atom is 0.321 e. The van der Waals surface area contributed by atoms with Crippen molar-refractivity contribution in [2.75, 3.05) is 0 Å². The third kappa shape index (κ3) is 1.92. The molecule has 2 aromatic rings. The number of fused-ring (bicyclic) bond motifs is 2. The van der Waals surface area contributed by atoms with Crippen molar-refractivity contribution in [3.05, 3.63) is 34.1 Å². The predicted octanol–water partition coefficient (Wildman–Crippen LogP) is 3.49. The van der Waals surface area contributed by atoms with Gasteiger partial charge in [-0.3, -0.25) is 0 Å². The van der Waals surface area contributed by atoms with Crippen molar-refractivity contribution in [1.29, 1.82) is 0 Å². The molecule has 1 aromatic carbocycles. The first kappa shape index (κ1) is 11.7. The summed E-state index contributed by atoms with van der Waals surface area (Å²) in [5, 5.41) is 4.24. The molecule has 0 fully saturated rings. The molecular weight excluding hydrogens is 294 g/mol. The number of hydrogen-bond donors (Lipinski definition) is 0. The zero-order chi connectivity index (χ0) is 12.9. The summed E-state index contributed by atoms with van der Waals surface area (Å²) >= 11 is 3.26. The van der Waals surface area contributed by atoms with E-state index in [2.05, 4.69) is 58.9 Å². The first-order chi connectivity index (χ1) is 8.43. The van der Waals surface area contributed by atoms with E-state index in [0.717, 1.165) is 11.3 Å². The largest absolute Gasteiger partial charge is 0.424 e. The molecule has 0 amide bonds. The van der Waals surface area contributed by atoms with Crippen LogP contribution in [0, 0.1) is 0 Å². The topological polar surface area (TPSA) is 39.9 Å². The lowest BCUT2D eigenvalue weighted by Gasteiger charge is -2.23. The van der Waals surface area contributed by atoms with Crippen LogP contribution in [0.4, 0.5) is 0 Å². The third-order valence-electron chi connectivity index (χ3n) is 3.06. The van der Waals surface area contributed by atoms with Crippen LogP contribution in [0.25, 0.3) is 0 Å². The standard InChI is InChI=1S/C13H14BrN3O/c1-13(2,3)9-4-5-10-8(6-9)7-17-12(18-10)15-11(14)16-17/h4-6H,7H2,1-3H3. The van der Waals surface area contributed by atoms with Crippen LogP contribution in [0.2, 0.25) is 0 Å². The first-order valence-electron chi connectivity index (χ1n) is 5.85. The van der Waals surface area contributed by atoms with E-state index in [0.29, 0.717) is 17.3 Å². The third-order valence-corrected chi connectivity index (χ3v) is 3.40. The fourth-order valence-corrected chi connectivity index (χ4v) is 2.35. The van der Waals surface area contributed by atoms with Crippen LogP contribution in [0.15, 0.2) is 22.9 Å². The van der Waals surface area contributed by atoms with Crippen molar-refractivity contribution in [2.45, 2.75) is 32.7 Å². The summed E-state index contributed by atoms with van der Waals surface area (Å²) in [5.74, 6) is 0.871. The number of nitrogens with zero attached hydrogens (tertiary/aromatic N) is 3. The van der Waals surface area contributed by atoms with Gasteiger partial charge in [-0.15, -0.1) is 5.10 Å². The van der Waals surface area contributed by atoms with Gasteiger partial charge >= 0.3 is 6.01 Å². The number of benzene rings is 1. The molecule has 0 atom stereocenters. The van der Waals surface area contributed by atoms with Gasteiger partial charge < -0.3 is 4.74 Å². The monoisotopic (exact) mass is 307 g/mol. The highest BCUT2D eigenvalue weighted by Gasteiger charge is 2.22. The van der Waals surface area contributed by atoms with Crippen molar-refractivity contribution in [3.63, 3.8) is 0 Å². The van der Waals surface area contributed by atoms with E-state index in [9.17, 15) is 0 Å². The van der Waals surface area contributed by atoms with Gasteiger partial charge in [0.05, 0.1) is 6.54 Å². The summed E-state index contributed by atoms with van der Waals surface area (Å²) in [5.41, 5.74) is 2.58. The molecule has 94 valence electrons. The van der Waals surface area contributed by atoms with Gasteiger partial charge in [0, 0.05) is 5.56 Å². The van der Waals surface area contributed by atoms with Gasteiger partial charge in [0.1, 0.15) is 5.75 Å². The van der Waals surface area contributed by atoms with Gasteiger partial charge in [-0.05, 0) is 39.0 Å². The average molecular weight is 308 g/mol.